The van der Waals surface area contributed by atoms with E-state index in [0.717, 1.165) is 22.6 Å². The average molecular weight is 348 g/mol. The summed E-state index contributed by atoms with van der Waals surface area (Å²) in [5.41, 5.74) is -0.0265. The molecule has 1 aliphatic heterocycles. The van der Waals surface area contributed by atoms with Crippen LogP contribution in [0.2, 0.25) is 0 Å². The molecule has 6 heteroatoms. The smallest absolute Gasteiger partial charge is 0.189 e. The fraction of sp³-hybridized carbons (Fsp3) is 0.368. The maximum Gasteiger partial charge on any atom is 0.189 e. The third kappa shape index (κ3) is 2.49. The SMILES string of the molecule is COc1ccc([C@H]2[C@H]3CSCC=C3[C@H](C#N)C(=N)C2(C#N)C#N)cc1. The zero-order chi connectivity index (χ0) is 18.0. The van der Waals surface area contributed by atoms with Gasteiger partial charge in [0.2, 0.25) is 0 Å². The van der Waals surface area contributed by atoms with Crippen LogP contribution in [-0.2, 0) is 0 Å². The molecule has 1 fully saturated rings. The van der Waals surface area contributed by atoms with Crippen LogP contribution in [-0.4, -0.2) is 24.3 Å². The molecule has 1 saturated carbocycles. The molecule has 2 aliphatic rings. The Morgan fingerprint density at radius 2 is 1.88 bits per heavy atom. The van der Waals surface area contributed by atoms with Crippen molar-refractivity contribution in [2.75, 3.05) is 18.6 Å². The van der Waals surface area contributed by atoms with Gasteiger partial charge in [-0.1, -0.05) is 18.2 Å². The Bertz CT molecular complexity index is 839. The second kappa shape index (κ2) is 6.63. The molecule has 0 radical (unpaired) electrons. The van der Waals surface area contributed by atoms with Crippen molar-refractivity contribution in [2.45, 2.75) is 5.92 Å². The maximum atomic E-state index is 9.87. The van der Waals surface area contributed by atoms with E-state index in [9.17, 15) is 15.8 Å². The molecule has 1 aromatic carbocycles. The van der Waals surface area contributed by atoms with Gasteiger partial charge in [-0.15, -0.1) is 0 Å². The number of nitrogens with zero attached hydrogens (tertiary/aromatic N) is 3. The van der Waals surface area contributed by atoms with Crippen LogP contribution in [0, 0.1) is 56.7 Å². The van der Waals surface area contributed by atoms with E-state index in [2.05, 4.69) is 18.2 Å². The van der Waals surface area contributed by atoms with Gasteiger partial charge in [-0.3, -0.25) is 0 Å². The van der Waals surface area contributed by atoms with Gasteiger partial charge in [0.1, 0.15) is 11.7 Å². The Hall–Kier alpha value is -2.75. The molecule has 0 unspecified atom stereocenters. The maximum absolute atomic E-state index is 9.87. The molecule has 1 aromatic rings. The van der Waals surface area contributed by atoms with Crippen molar-refractivity contribution in [3.63, 3.8) is 0 Å². The molecule has 0 aromatic heterocycles. The molecule has 0 amide bonds. The summed E-state index contributed by atoms with van der Waals surface area (Å²) in [5, 5.41) is 37.8. The van der Waals surface area contributed by atoms with Crippen molar-refractivity contribution in [1.82, 2.24) is 0 Å². The number of nitriles is 3. The summed E-state index contributed by atoms with van der Waals surface area (Å²) in [4.78, 5) is 0. The number of nitrogens with one attached hydrogen (secondary N) is 1. The second-order valence-corrected chi connectivity index (χ2v) is 7.18. The largest absolute Gasteiger partial charge is 0.497 e. The molecule has 1 heterocycles. The minimum absolute atomic E-state index is 0.102. The highest BCUT2D eigenvalue weighted by Crippen LogP contribution is 2.54. The van der Waals surface area contributed by atoms with E-state index >= 15 is 0 Å². The number of thioether (sulfide) groups is 1. The molecule has 25 heavy (non-hydrogen) atoms. The molecule has 124 valence electrons. The van der Waals surface area contributed by atoms with Crippen molar-refractivity contribution in [3.05, 3.63) is 41.5 Å². The van der Waals surface area contributed by atoms with Crippen LogP contribution in [0.25, 0.3) is 0 Å². The van der Waals surface area contributed by atoms with Crippen LogP contribution < -0.4 is 4.74 Å². The van der Waals surface area contributed by atoms with Crippen LogP contribution in [0.3, 0.4) is 0 Å². The summed E-state index contributed by atoms with van der Waals surface area (Å²) in [6, 6.07) is 13.6. The summed E-state index contributed by atoms with van der Waals surface area (Å²) in [7, 11) is 1.58. The Morgan fingerprint density at radius 3 is 2.44 bits per heavy atom. The number of allylic oxidation sites excluding steroid dienone is 1. The number of fused-ring (bicyclic) bond motifs is 1. The van der Waals surface area contributed by atoms with Gasteiger partial charge in [-0.25, -0.2) is 0 Å². The molecular weight excluding hydrogens is 332 g/mol. The van der Waals surface area contributed by atoms with E-state index in [-0.39, 0.29) is 11.6 Å². The zero-order valence-corrected chi connectivity index (χ0v) is 14.5. The van der Waals surface area contributed by atoms with Crippen LogP contribution >= 0.6 is 11.8 Å². The highest BCUT2D eigenvalue weighted by molar-refractivity contribution is 7.99. The Balaban J connectivity index is 2.21. The monoisotopic (exact) mass is 348 g/mol. The lowest BCUT2D eigenvalue weighted by atomic mass is 9.55. The number of rotatable bonds is 2. The molecule has 1 aliphatic carbocycles. The van der Waals surface area contributed by atoms with Crippen molar-refractivity contribution in [1.29, 1.82) is 21.2 Å². The first-order valence-electron chi connectivity index (χ1n) is 7.85. The number of hydrogen-bond acceptors (Lipinski definition) is 6. The summed E-state index contributed by atoms with van der Waals surface area (Å²) in [6.07, 6.45) is 2.00. The second-order valence-electron chi connectivity index (χ2n) is 6.11. The first-order chi connectivity index (χ1) is 12.1. The van der Waals surface area contributed by atoms with E-state index in [0.29, 0.717) is 5.75 Å². The predicted octanol–water partition coefficient (Wildman–Crippen LogP) is 3.27. The fourth-order valence-corrected chi connectivity index (χ4v) is 4.88. The van der Waals surface area contributed by atoms with Gasteiger partial charge in [0, 0.05) is 23.3 Å². The van der Waals surface area contributed by atoms with Crippen molar-refractivity contribution < 1.29 is 4.74 Å². The number of ether oxygens (including phenoxy) is 1. The quantitative estimate of drug-likeness (QED) is 0.826. The lowest BCUT2D eigenvalue weighted by Crippen LogP contribution is -2.49. The predicted molar refractivity (Wildman–Crippen MR) is 95.1 cm³/mol. The first kappa shape index (κ1) is 17.1. The van der Waals surface area contributed by atoms with E-state index in [4.69, 9.17) is 10.1 Å². The minimum atomic E-state index is -1.63. The molecule has 0 bridgehead atoms. The summed E-state index contributed by atoms with van der Waals surface area (Å²) >= 11 is 1.72. The van der Waals surface area contributed by atoms with Gasteiger partial charge < -0.3 is 10.1 Å². The number of hydrogen-bond donors (Lipinski definition) is 1. The molecule has 3 rings (SSSR count). The lowest BCUT2D eigenvalue weighted by Gasteiger charge is -2.45. The van der Waals surface area contributed by atoms with E-state index in [1.54, 1.807) is 31.0 Å². The van der Waals surface area contributed by atoms with Crippen LogP contribution in [0.15, 0.2) is 35.9 Å². The van der Waals surface area contributed by atoms with Gasteiger partial charge in [-0.2, -0.15) is 27.5 Å². The van der Waals surface area contributed by atoms with Crippen LogP contribution in [0.4, 0.5) is 0 Å². The standard InChI is InChI=1S/C19H16N4OS/c1-24-13-4-2-12(3-5-13)17-16-9-25-7-6-14(16)15(8-20)18(23)19(17,10-21)11-22/h2-6,15-17,23H,7,9H2,1H3/t15-,16-,17-/m0/s1. The number of methoxy groups -OCH3 is 1. The van der Waals surface area contributed by atoms with Crippen molar-refractivity contribution in [2.24, 2.45) is 17.3 Å². The van der Waals surface area contributed by atoms with Gasteiger partial charge in [0.15, 0.2) is 5.41 Å². The lowest BCUT2D eigenvalue weighted by molar-refractivity contribution is 0.377. The third-order valence-electron chi connectivity index (χ3n) is 5.03. The highest BCUT2D eigenvalue weighted by atomic mass is 32.2. The summed E-state index contributed by atoms with van der Waals surface area (Å²) in [6.45, 7) is 0. The van der Waals surface area contributed by atoms with E-state index in [1.807, 2.05) is 18.2 Å². The molecule has 3 atom stereocenters. The van der Waals surface area contributed by atoms with Gasteiger partial charge in [-0.05, 0) is 23.3 Å². The first-order valence-corrected chi connectivity index (χ1v) is 9.01. The molecule has 0 saturated heterocycles. The molecule has 1 N–H and O–H groups in total. The normalized spacial score (nSPS) is 27.0. The van der Waals surface area contributed by atoms with Gasteiger partial charge >= 0.3 is 0 Å². The molecular formula is C19H16N4OS. The average Bonchev–Trinajstić information content (AvgIpc) is 2.67. The van der Waals surface area contributed by atoms with Crippen molar-refractivity contribution >= 4 is 17.5 Å². The Kier molecular flexibility index (Phi) is 4.53. The zero-order valence-electron chi connectivity index (χ0n) is 13.7. The Morgan fingerprint density at radius 1 is 1.20 bits per heavy atom. The van der Waals surface area contributed by atoms with Gasteiger partial charge in [0.05, 0.1) is 31.0 Å². The summed E-state index contributed by atoms with van der Waals surface area (Å²) < 4.78 is 5.19. The topological polar surface area (TPSA) is 104 Å². The van der Waals surface area contributed by atoms with E-state index in [1.165, 1.54) is 0 Å². The van der Waals surface area contributed by atoms with E-state index < -0.39 is 17.3 Å². The van der Waals surface area contributed by atoms with Gasteiger partial charge in [0.25, 0.3) is 0 Å². The minimum Gasteiger partial charge on any atom is -0.497 e. The molecule has 5 nitrogen and oxygen atoms in total. The summed E-state index contributed by atoms with van der Waals surface area (Å²) in [5.74, 6) is 0.852. The van der Waals surface area contributed by atoms with Crippen LogP contribution in [0.5, 0.6) is 5.75 Å². The fourth-order valence-electron chi connectivity index (χ4n) is 3.80. The third-order valence-corrected chi connectivity index (χ3v) is 6.03. The molecule has 0 spiro atoms. The Labute approximate surface area is 151 Å². The van der Waals surface area contributed by atoms with Crippen molar-refractivity contribution in [3.8, 4) is 24.0 Å². The number of benzene rings is 1. The highest BCUT2D eigenvalue weighted by Gasteiger charge is 2.57. The van der Waals surface area contributed by atoms with Crippen LogP contribution in [0.1, 0.15) is 11.5 Å².